The van der Waals surface area contributed by atoms with Gasteiger partial charge < -0.3 is 15.0 Å². The summed E-state index contributed by atoms with van der Waals surface area (Å²) in [5.41, 5.74) is 3.38. The highest BCUT2D eigenvalue weighted by molar-refractivity contribution is 5.76. The molecule has 7 heteroatoms. The van der Waals surface area contributed by atoms with Gasteiger partial charge in [0.25, 0.3) is 0 Å². The number of nitrogens with zero attached hydrogens (tertiary/aromatic N) is 3. The third kappa shape index (κ3) is 7.07. The minimum atomic E-state index is -0.451. The molecule has 0 radical (unpaired) electrons. The Kier molecular flexibility index (Phi) is 8.92. The number of benzene rings is 1. The van der Waals surface area contributed by atoms with Crippen LogP contribution in [0.4, 0.5) is 4.79 Å². The lowest BCUT2D eigenvalue weighted by Crippen LogP contribution is -2.39. The number of aromatic nitrogens is 2. The van der Waals surface area contributed by atoms with Crippen LogP contribution in [0.15, 0.2) is 36.4 Å². The second-order valence-electron chi connectivity index (χ2n) is 9.45. The maximum atomic E-state index is 12.6. The highest BCUT2D eigenvalue weighted by atomic mass is 16.5. The molecule has 1 aliphatic heterocycles. The molecule has 0 atom stereocenters. The van der Waals surface area contributed by atoms with Gasteiger partial charge in [-0.1, -0.05) is 58.0 Å². The van der Waals surface area contributed by atoms with Gasteiger partial charge in [-0.05, 0) is 42.7 Å². The lowest BCUT2D eigenvalue weighted by Gasteiger charge is -2.33. The zero-order valence-electron chi connectivity index (χ0n) is 20.4. The van der Waals surface area contributed by atoms with Gasteiger partial charge in [0.05, 0.1) is 11.7 Å². The summed E-state index contributed by atoms with van der Waals surface area (Å²) in [6, 6.07) is 12.2. The fourth-order valence-corrected chi connectivity index (χ4v) is 4.16. The van der Waals surface area contributed by atoms with Gasteiger partial charge >= 0.3 is 6.09 Å². The van der Waals surface area contributed by atoms with Crippen LogP contribution in [0.5, 0.6) is 0 Å². The highest BCUT2D eigenvalue weighted by Gasteiger charge is 2.26. The number of carbonyl (C=O) groups is 2. The predicted molar refractivity (Wildman–Crippen MR) is 129 cm³/mol. The molecule has 1 aromatic carbocycles. The Hall–Kier alpha value is -2.83. The van der Waals surface area contributed by atoms with E-state index >= 15 is 0 Å². The summed E-state index contributed by atoms with van der Waals surface area (Å²) < 4.78 is 7.41. The van der Waals surface area contributed by atoms with E-state index in [1.807, 2.05) is 35.2 Å². The number of carbonyl (C=O) groups excluding carboxylic acids is 2. The molecule has 2 amide bonds. The fraction of sp³-hybridized carbons (Fsp3) is 0.577. The normalized spacial score (nSPS) is 14.7. The maximum Gasteiger partial charge on any atom is 0.407 e. The standard InChI is InChI=1S/C26H38N4O3/c1-19(2)23-17-24(20(3)4)30(28-23)22-12-15-29(16-13-22)25(31)11-8-14-27-26(32)33-18-21-9-6-5-7-10-21/h5-7,9-10,17,19-20,22H,8,11-16,18H2,1-4H3,(H,27,32). The van der Waals surface area contributed by atoms with Crippen LogP contribution >= 0.6 is 0 Å². The summed E-state index contributed by atoms with van der Waals surface area (Å²) in [5, 5.41) is 7.62. The van der Waals surface area contributed by atoms with Crippen molar-refractivity contribution >= 4 is 12.0 Å². The van der Waals surface area contributed by atoms with Gasteiger partial charge in [0.1, 0.15) is 6.61 Å². The lowest BCUT2D eigenvalue weighted by molar-refractivity contribution is -0.132. The van der Waals surface area contributed by atoms with Gasteiger partial charge in [0.2, 0.25) is 5.91 Å². The molecule has 0 bridgehead atoms. The average molecular weight is 455 g/mol. The number of rotatable bonds is 9. The van der Waals surface area contributed by atoms with Crippen LogP contribution < -0.4 is 5.32 Å². The third-order valence-electron chi connectivity index (χ3n) is 6.18. The Morgan fingerprint density at radius 2 is 1.79 bits per heavy atom. The summed E-state index contributed by atoms with van der Waals surface area (Å²) in [6.45, 7) is 11.0. The van der Waals surface area contributed by atoms with Gasteiger partial charge in [-0.25, -0.2) is 4.79 Å². The topological polar surface area (TPSA) is 76.5 Å². The fourth-order valence-electron chi connectivity index (χ4n) is 4.16. The van der Waals surface area contributed by atoms with Crippen LogP contribution in [-0.2, 0) is 16.1 Å². The van der Waals surface area contributed by atoms with Crippen molar-refractivity contribution in [1.82, 2.24) is 20.0 Å². The first-order valence-electron chi connectivity index (χ1n) is 12.2. The summed E-state index contributed by atoms with van der Waals surface area (Å²) in [6.07, 6.45) is 2.44. The molecule has 7 nitrogen and oxygen atoms in total. The summed E-state index contributed by atoms with van der Waals surface area (Å²) in [4.78, 5) is 26.4. The zero-order chi connectivity index (χ0) is 23.8. The van der Waals surface area contributed by atoms with Crippen molar-refractivity contribution in [2.24, 2.45) is 0 Å². The number of piperidine rings is 1. The first kappa shape index (κ1) is 24.8. The summed E-state index contributed by atoms with van der Waals surface area (Å²) >= 11 is 0. The molecule has 180 valence electrons. The molecule has 0 unspecified atom stereocenters. The monoisotopic (exact) mass is 454 g/mol. The van der Waals surface area contributed by atoms with Crippen LogP contribution in [0, 0.1) is 0 Å². The van der Waals surface area contributed by atoms with E-state index in [0.717, 1.165) is 37.2 Å². The van der Waals surface area contributed by atoms with E-state index in [9.17, 15) is 9.59 Å². The smallest absolute Gasteiger partial charge is 0.407 e. The van der Waals surface area contributed by atoms with Crippen molar-refractivity contribution in [3.63, 3.8) is 0 Å². The van der Waals surface area contributed by atoms with Gasteiger partial charge in [-0.3, -0.25) is 9.48 Å². The van der Waals surface area contributed by atoms with Crippen molar-refractivity contribution < 1.29 is 14.3 Å². The number of hydrogen-bond acceptors (Lipinski definition) is 4. The Morgan fingerprint density at radius 3 is 2.42 bits per heavy atom. The molecule has 1 fully saturated rings. The van der Waals surface area contributed by atoms with Crippen LogP contribution in [0.2, 0.25) is 0 Å². The van der Waals surface area contributed by atoms with E-state index in [1.54, 1.807) is 0 Å². The number of alkyl carbamates (subject to hydrolysis) is 1. The molecular formula is C26H38N4O3. The molecular weight excluding hydrogens is 416 g/mol. The highest BCUT2D eigenvalue weighted by Crippen LogP contribution is 2.29. The van der Waals surface area contributed by atoms with Gasteiger partial charge in [0, 0.05) is 31.7 Å². The van der Waals surface area contributed by atoms with E-state index in [1.165, 1.54) is 5.69 Å². The van der Waals surface area contributed by atoms with Crippen molar-refractivity contribution in [3.8, 4) is 0 Å². The molecule has 2 aromatic rings. The largest absolute Gasteiger partial charge is 0.445 e. The predicted octanol–water partition coefficient (Wildman–Crippen LogP) is 5.00. The lowest BCUT2D eigenvalue weighted by atomic mass is 10.0. The molecule has 1 aliphatic rings. The number of nitrogens with one attached hydrogen (secondary N) is 1. The van der Waals surface area contributed by atoms with E-state index in [0.29, 0.717) is 37.3 Å². The molecule has 0 spiro atoms. The third-order valence-corrected chi connectivity index (χ3v) is 6.18. The number of amides is 2. The Morgan fingerprint density at radius 1 is 1.09 bits per heavy atom. The number of ether oxygens (including phenoxy) is 1. The second kappa shape index (κ2) is 11.9. The summed E-state index contributed by atoms with van der Waals surface area (Å²) in [7, 11) is 0. The Balaban J connectivity index is 1.37. The average Bonchev–Trinajstić information content (AvgIpc) is 3.27. The SMILES string of the molecule is CC(C)c1cc(C(C)C)n(C2CCN(C(=O)CCCNC(=O)OCc3ccccc3)CC2)n1. The van der Waals surface area contributed by atoms with Gasteiger partial charge in [0.15, 0.2) is 0 Å². The quantitative estimate of drug-likeness (QED) is 0.541. The van der Waals surface area contributed by atoms with Crippen LogP contribution in [0.25, 0.3) is 0 Å². The van der Waals surface area contributed by atoms with Crippen molar-refractivity contribution in [1.29, 1.82) is 0 Å². The second-order valence-corrected chi connectivity index (χ2v) is 9.45. The maximum absolute atomic E-state index is 12.6. The van der Waals surface area contributed by atoms with E-state index in [2.05, 4.69) is 43.8 Å². The van der Waals surface area contributed by atoms with Crippen LogP contribution in [0.1, 0.15) is 88.2 Å². The molecule has 1 N–H and O–H groups in total. The van der Waals surface area contributed by atoms with Crippen molar-refractivity contribution in [3.05, 3.63) is 53.3 Å². The minimum absolute atomic E-state index is 0.153. The van der Waals surface area contributed by atoms with E-state index in [-0.39, 0.29) is 12.5 Å². The van der Waals surface area contributed by atoms with Crippen LogP contribution in [0.3, 0.4) is 0 Å². The van der Waals surface area contributed by atoms with E-state index < -0.39 is 6.09 Å². The summed E-state index contributed by atoms with van der Waals surface area (Å²) in [5.74, 6) is 0.992. The number of hydrogen-bond donors (Lipinski definition) is 1. The number of likely N-dealkylation sites (tertiary alicyclic amines) is 1. The van der Waals surface area contributed by atoms with E-state index in [4.69, 9.17) is 9.84 Å². The Labute approximate surface area is 197 Å². The molecule has 33 heavy (non-hydrogen) atoms. The minimum Gasteiger partial charge on any atom is -0.445 e. The van der Waals surface area contributed by atoms with Crippen molar-refractivity contribution in [2.75, 3.05) is 19.6 Å². The molecule has 1 saturated heterocycles. The van der Waals surface area contributed by atoms with Crippen LogP contribution in [-0.4, -0.2) is 46.3 Å². The first-order chi connectivity index (χ1) is 15.8. The van der Waals surface area contributed by atoms with Gasteiger partial charge in [-0.15, -0.1) is 0 Å². The molecule has 0 aliphatic carbocycles. The van der Waals surface area contributed by atoms with Crippen molar-refractivity contribution in [2.45, 2.75) is 77.9 Å². The molecule has 0 saturated carbocycles. The zero-order valence-corrected chi connectivity index (χ0v) is 20.4. The Bertz CT molecular complexity index is 900. The van der Waals surface area contributed by atoms with Gasteiger partial charge in [-0.2, -0.15) is 5.10 Å². The molecule has 2 heterocycles. The molecule has 1 aromatic heterocycles. The molecule has 3 rings (SSSR count). The first-order valence-corrected chi connectivity index (χ1v) is 12.2.